The molecule has 2 amide bonds. The van der Waals surface area contributed by atoms with E-state index in [1.54, 1.807) is 13.2 Å². The molecule has 0 spiro atoms. The summed E-state index contributed by atoms with van der Waals surface area (Å²) in [4.78, 5) is 11.9. The molecule has 110 valence electrons. The van der Waals surface area contributed by atoms with Crippen molar-refractivity contribution in [2.45, 2.75) is 19.3 Å². The summed E-state index contributed by atoms with van der Waals surface area (Å²) in [5.74, 6) is 1.78. The van der Waals surface area contributed by atoms with Crippen molar-refractivity contribution in [3.05, 3.63) is 24.3 Å². The number of urea groups is 1. The van der Waals surface area contributed by atoms with Gasteiger partial charge in [0.05, 0.1) is 7.11 Å². The average molecular weight is 277 g/mol. The molecule has 20 heavy (non-hydrogen) atoms. The molecule has 1 fully saturated rings. The van der Waals surface area contributed by atoms with Crippen LogP contribution in [0.3, 0.4) is 0 Å². The molecule has 0 aromatic heterocycles. The van der Waals surface area contributed by atoms with Crippen LogP contribution < -0.4 is 21.1 Å². The van der Waals surface area contributed by atoms with Crippen LogP contribution in [0.15, 0.2) is 24.3 Å². The summed E-state index contributed by atoms with van der Waals surface area (Å²) in [6, 6.07) is 7.13. The van der Waals surface area contributed by atoms with Gasteiger partial charge in [-0.3, -0.25) is 0 Å². The molecule has 0 aliphatic heterocycles. The van der Waals surface area contributed by atoms with Crippen molar-refractivity contribution in [3.63, 3.8) is 0 Å². The molecular formula is C15H23N3O2. The maximum absolute atomic E-state index is 11.9. The smallest absolute Gasteiger partial charge is 0.319 e. The number of nitrogens with two attached hydrogens (primary N) is 1. The summed E-state index contributed by atoms with van der Waals surface area (Å²) in [6.07, 6.45) is 3.55. The van der Waals surface area contributed by atoms with E-state index in [0.717, 1.165) is 17.9 Å². The summed E-state index contributed by atoms with van der Waals surface area (Å²) >= 11 is 0. The zero-order valence-electron chi connectivity index (χ0n) is 11.9. The van der Waals surface area contributed by atoms with Gasteiger partial charge >= 0.3 is 6.03 Å². The zero-order chi connectivity index (χ0) is 14.4. The molecule has 1 saturated carbocycles. The van der Waals surface area contributed by atoms with E-state index in [1.165, 1.54) is 12.8 Å². The van der Waals surface area contributed by atoms with Gasteiger partial charge in [-0.15, -0.1) is 0 Å². The molecule has 2 unspecified atom stereocenters. The van der Waals surface area contributed by atoms with Gasteiger partial charge in [-0.1, -0.05) is 12.5 Å². The first-order chi connectivity index (χ1) is 9.72. The number of ether oxygens (including phenoxy) is 1. The quantitative estimate of drug-likeness (QED) is 0.772. The van der Waals surface area contributed by atoms with E-state index < -0.39 is 0 Å². The van der Waals surface area contributed by atoms with Gasteiger partial charge in [0, 0.05) is 18.3 Å². The number of hydrogen-bond acceptors (Lipinski definition) is 3. The lowest BCUT2D eigenvalue weighted by Gasteiger charge is -2.18. The summed E-state index contributed by atoms with van der Waals surface area (Å²) < 4.78 is 5.12. The number of methoxy groups -OCH3 is 1. The van der Waals surface area contributed by atoms with Crippen molar-refractivity contribution in [3.8, 4) is 5.75 Å². The Hall–Kier alpha value is -1.75. The Morgan fingerprint density at radius 1 is 1.40 bits per heavy atom. The van der Waals surface area contributed by atoms with E-state index >= 15 is 0 Å². The van der Waals surface area contributed by atoms with Crippen LogP contribution in [0.4, 0.5) is 10.5 Å². The van der Waals surface area contributed by atoms with Crippen molar-refractivity contribution in [1.29, 1.82) is 0 Å². The van der Waals surface area contributed by atoms with Crippen LogP contribution in [0.1, 0.15) is 19.3 Å². The first kappa shape index (κ1) is 14.7. The largest absolute Gasteiger partial charge is 0.497 e. The maximum Gasteiger partial charge on any atom is 0.319 e. The molecule has 1 aromatic carbocycles. The molecule has 1 aliphatic rings. The lowest BCUT2D eigenvalue weighted by atomic mass is 9.96. The number of nitrogens with one attached hydrogen (secondary N) is 2. The zero-order valence-corrected chi connectivity index (χ0v) is 11.9. The lowest BCUT2D eigenvalue weighted by molar-refractivity contribution is 0.248. The van der Waals surface area contributed by atoms with Crippen molar-refractivity contribution < 1.29 is 9.53 Å². The standard InChI is InChI=1S/C15H23N3O2/c1-20-14-7-3-6-13(8-14)18-15(19)17-10-12-5-2-4-11(12)9-16/h3,6-8,11-12H,2,4-5,9-10,16H2,1H3,(H2,17,18,19). The van der Waals surface area contributed by atoms with Gasteiger partial charge in [-0.05, 0) is 43.4 Å². The van der Waals surface area contributed by atoms with Gasteiger partial charge in [0.15, 0.2) is 0 Å². The van der Waals surface area contributed by atoms with E-state index in [0.29, 0.717) is 24.9 Å². The van der Waals surface area contributed by atoms with Crippen LogP contribution in [0.25, 0.3) is 0 Å². The Labute approximate surface area is 119 Å². The molecule has 0 radical (unpaired) electrons. The molecule has 5 nitrogen and oxygen atoms in total. The number of rotatable bonds is 5. The van der Waals surface area contributed by atoms with Crippen LogP contribution >= 0.6 is 0 Å². The predicted octanol–water partition coefficient (Wildman–Crippen LogP) is 2.19. The summed E-state index contributed by atoms with van der Waals surface area (Å²) in [5, 5.41) is 5.74. The predicted molar refractivity (Wildman–Crippen MR) is 79.9 cm³/mol. The van der Waals surface area contributed by atoms with E-state index in [-0.39, 0.29) is 6.03 Å². The highest BCUT2D eigenvalue weighted by atomic mass is 16.5. The highest BCUT2D eigenvalue weighted by Gasteiger charge is 2.26. The van der Waals surface area contributed by atoms with Crippen LogP contribution in [0, 0.1) is 11.8 Å². The van der Waals surface area contributed by atoms with E-state index in [4.69, 9.17) is 10.5 Å². The first-order valence-electron chi connectivity index (χ1n) is 7.12. The van der Waals surface area contributed by atoms with E-state index in [9.17, 15) is 4.79 Å². The second-order valence-corrected chi connectivity index (χ2v) is 5.25. The summed E-state index contributed by atoms with van der Waals surface area (Å²) in [6.45, 7) is 1.40. The van der Waals surface area contributed by atoms with Gasteiger partial charge in [0.25, 0.3) is 0 Å². The molecule has 0 bridgehead atoms. The number of anilines is 1. The SMILES string of the molecule is COc1cccc(NC(=O)NCC2CCCC2CN)c1. The molecule has 1 aromatic rings. The highest BCUT2D eigenvalue weighted by molar-refractivity contribution is 5.89. The topological polar surface area (TPSA) is 76.4 Å². The maximum atomic E-state index is 11.9. The number of carbonyl (C=O) groups is 1. The Morgan fingerprint density at radius 3 is 2.95 bits per heavy atom. The van der Waals surface area contributed by atoms with Crippen molar-refractivity contribution in [2.24, 2.45) is 17.6 Å². The number of amides is 2. The normalized spacial score (nSPS) is 21.5. The Kier molecular flexibility index (Phi) is 5.24. The molecule has 5 heteroatoms. The van der Waals surface area contributed by atoms with Crippen LogP contribution in [0.5, 0.6) is 5.75 Å². The molecule has 1 aliphatic carbocycles. The average Bonchev–Trinajstić information content (AvgIpc) is 2.93. The Morgan fingerprint density at radius 2 is 2.20 bits per heavy atom. The Bertz CT molecular complexity index is 450. The fraction of sp³-hybridized carbons (Fsp3) is 0.533. The van der Waals surface area contributed by atoms with Crippen LogP contribution in [-0.2, 0) is 0 Å². The molecule has 4 N–H and O–H groups in total. The molecule has 0 saturated heterocycles. The monoisotopic (exact) mass is 277 g/mol. The summed E-state index contributed by atoms with van der Waals surface area (Å²) in [7, 11) is 1.60. The summed E-state index contributed by atoms with van der Waals surface area (Å²) in [5.41, 5.74) is 6.47. The van der Waals surface area contributed by atoms with E-state index in [1.807, 2.05) is 18.2 Å². The Balaban J connectivity index is 1.80. The third kappa shape index (κ3) is 3.87. The van der Waals surface area contributed by atoms with Crippen molar-refractivity contribution >= 4 is 11.7 Å². The third-order valence-corrected chi connectivity index (χ3v) is 3.97. The van der Waals surface area contributed by atoms with E-state index in [2.05, 4.69) is 10.6 Å². The van der Waals surface area contributed by atoms with Crippen molar-refractivity contribution in [2.75, 3.05) is 25.5 Å². The minimum absolute atomic E-state index is 0.180. The fourth-order valence-electron chi connectivity index (χ4n) is 2.79. The molecule has 0 heterocycles. The van der Waals surface area contributed by atoms with Crippen molar-refractivity contribution in [1.82, 2.24) is 5.32 Å². The van der Waals surface area contributed by atoms with Crippen LogP contribution in [-0.4, -0.2) is 26.2 Å². The van der Waals surface area contributed by atoms with Gasteiger partial charge in [-0.25, -0.2) is 4.79 Å². The fourth-order valence-corrected chi connectivity index (χ4v) is 2.79. The number of hydrogen-bond donors (Lipinski definition) is 3. The number of benzene rings is 1. The molecular weight excluding hydrogens is 254 g/mol. The van der Waals surface area contributed by atoms with Gasteiger partial charge in [-0.2, -0.15) is 0 Å². The first-order valence-corrected chi connectivity index (χ1v) is 7.12. The molecule has 2 rings (SSSR count). The highest BCUT2D eigenvalue weighted by Crippen LogP contribution is 2.30. The lowest BCUT2D eigenvalue weighted by Crippen LogP contribution is -2.35. The third-order valence-electron chi connectivity index (χ3n) is 3.97. The second kappa shape index (κ2) is 7.14. The molecule has 2 atom stereocenters. The van der Waals surface area contributed by atoms with Gasteiger partial charge < -0.3 is 21.1 Å². The van der Waals surface area contributed by atoms with Crippen LogP contribution in [0.2, 0.25) is 0 Å². The van der Waals surface area contributed by atoms with Gasteiger partial charge in [0.1, 0.15) is 5.75 Å². The minimum atomic E-state index is -0.180. The second-order valence-electron chi connectivity index (χ2n) is 5.25. The minimum Gasteiger partial charge on any atom is -0.497 e. The number of carbonyl (C=O) groups excluding carboxylic acids is 1. The van der Waals surface area contributed by atoms with Gasteiger partial charge in [0.2, 0.25) is 0 Å².